The van der Waals surface area contributed by atoms with Crippen LogP contribution < -0.4 is 0 Å². The predicted molar refractivity (Wildman–Crippen MR) is 14.2 cm³/mol. The third kappa shape index (κ3) is 0.504. The molecule has 0 aliphatic carbocycles. The molecule has 0 aromatic rings. The van der Waals surface area contributed by atoms with E-state index in [-0.39, 0.29) is 0 Å². The molecule has 0 unspecified atom stereocenters. The van der Waals surface area contributed by atoms with E-state index in [4.69, 9.17) is 10.2 Å². The standard InChI is InChI=1S/C2H4O4/c3-1-2(4)5-6-2/h3-4H,1H2. The Bertz CT molecular complexity index is 56.6. The van der Waals surface area contributed by atoms with Gasteiger partial charge in [-0.25, -0.2) is 0 Å². The van der Waals surface area contributed by atoms with E-state index < -0.39 is 12.6 Å². The van der Waals surface area contributed by atoms with Crippen molar-refractivity contribution < 1.29 is 20.0 Å². The van der Waals surface area contributed by atoms with E-state index >= 15 is 0 Å². The Morgan fingerprint density at radius 2 is 2.00 bits per heavy atom. The van der Waals surface area contributed by atoms with E-state index in [0.29, 0.717) is 0 Å². The number of hydrogen-bond donors (Lipinski definition) is 2. The van der Waals surface area contributed by atoms with Crippen molar-refractivity contribution in [3.8, 4) is 0 Å². The summed E-state index contributed by atoms with van der Waals surface area (Å²) in [6.45, 7) is -0.507. The fourth-order valence-corrected chi connectivity index (χ4v) is 0.101. The molecular weight excluding hydrogens is 88.0 g/mol. The molecule has 2 N–H and O–H groups in total. The van der Waals surface area contributed by atoms with Crippen LogP contribution in [0.15, 0.2) is 0 Å². The molecule has 1 aliphatic heterocycles. The molecule has 1 saturated heterocycles. The molecule has 1 fully saturated rings. The topological polar surface area (TPSA) is 65.5 Å². The molecule has 1 rings (SSSR count). The van der Waals surface area contributed by atoms with Crippen LogP contribution in [0.3, 0.4) is 0 Å². The minimum atomic E-state index is -1.65. The van der Waals surface area contributed by atoms with Gasteiger partial charge in [-0.2, -0.15) is 9.78 Å². The van der Waals surface area contributed by atoms with Crippen LogP contribution in [0.5, 0.6) is 0 Å². The zero-order valence-electron chi connectivity index (χ0n) is 2.92. The van der Waals surface area contributed by atoms with Crippen LogP contribution in [0.25, 0.3) is 0 Å². The quantitative estimate of drug-likeness (QED) is 0.308. The lowest BCUT2D eigenvalue weighted by molar-refractivity contribution is -0.0228. The summed E-state index contributed by atoms with van der Waals surface area (Å²) >= 11 is 0. The summed E-state index contributed by atoms with van der Waals surface area (Å²) in [5, 5.41) is 16.2. The second kappa shape index (κ2) is 0.913. The lowest BCUT2D eigenvalue weighted by Crippen LogP contribution is -2.13. The Hall–Kier alpha value is -0.160. The van der Waals surface area contributed by atoms with Gasteiger partial charge in [0.25, 0.3) is 0 Å². The van der Waals surface area contributed by atoms with Crippen molar-refractivity contribution in [2.75, 3.05) is 6.61 Å². The van der Waals surface area contributed by atoms with Crippen molar-refractivity contribution in [1.29, 1.82) is 0 Å². The minimum Gasteiger partial charge on any atom is -0.388 e. The molecule has 6 heavy (non-hydrogen) atoms. The maximum atomic E-state index is 8.24. The first-order valence-corrected chi connectivity index (χ1v) is 1.47. The molecule has 1 aliphatic rings. The van der Waals surface area contributed by atoms with Crippen LogP contribution in [0.2, 0.25) is 0 Å². The van der Waals surface area contributed by atoms with Crippen molar-refractivity contribution in [3.63, 3.8) is 0 Å². The van der Waals surface area contributed by atoms with Gasteiger partial charge in [-0.15, -0.1) is 0 Å². The van der Waals surface area contributed by atoms with Gasteiger partial charge < -0.3 is 10.2 Å². The predicted octanol–water partition coefficient (Wildman–Crippen LogP) is -1.41. The molecule has 4 heteroatoms. The van der Waals surface area contributed by atoms with Gasteiger partial charge in [-0.05, 0) is 0 Å². The SMILES string of the molecule is OCC1(O)OO1. The molecule has 4 nitrogen and oxygen atoms in total. The highest BCUT2D eigenvalue weighted by Gasteiger charge is 2.46. The van der Waals surface area contributed by atoms with E-state index in [9.17, 15) is 0 Å². The molecule has 0 spiro atoms. The number of aliphatic hydroxyl groups excluding tert-OH is 1. The van der Waals surface area contributed by atoms with E-state index in [1.165, 1.54) is 0 Å². The summed E-state index contributed by atoms with van der Waals surface area (Å²) in [5.74, 6) is -1.65. The Balaban J connectivity index is 2.28. The minimum absolute atomic E-state index is 0.507. The third-order valence-corrected chi connectivity index (χ3v) is 0.476. The summed E-state index contributed by atoms with van der Waals surface area (Å²) in [6.07, 6.45) is 0. The van der Waals surface area contributed by atoms with Gasteiger partial charge in [-0.1, -0.05) is 0 Å². The first-order chi connectivity index (χ1) is 2.77. The normalized spacial score (nSPS) is 27.0. The summed E-state index contributed by atoms with van der Waals surface area (Å²) in [7, 11) is 0. The number of hydrogen-bond acceptors (Lipinski definition) is 4. The van der Waals surface area contributed by atoms with Crippen molar-refractivity contribution >= 4 is 0 Å². The summed E-state index contributed by atoms with van der Waals surface area (Å²) < 4.78 is 0. The molecule has 1 heterocycles. The highest BCUT2D eigenvalue weighted by molar-refractivity contribution is 4.51. The number of aliphatic hydroxyl groups is 2. The average molecular weight is 92.0 g/mol. The lowest BCUT2D eigenvalue weighted by Gasteiger charge is -1.84. The summed E-state index contributed by atoms with van der Waals surface area (Å²) in [4.78, 5) is 7.70. The smallest absolute Gasteiger partial charge is 0.360 e. The maximum Gasteiger partial charge on any atom is 0.360 e. The molecule has 0 atom stereocenters. The van der Waals surface area contributed by atoms with Gasteiger partial charge in [0.1, 0.15) is 6.61 Å². The highest BCUT2D eigenvalue weighted by atomic mass is 17.4. The van der Waals surface area contributed by atoms with Crippen molar-refractivity contribution in [1.82, 2.24) is 0 Å². The molecule has 36 valence electrons. The fourth-order valence-electron chi connectivity index (χ4n) is 0.101. The van der Waals surface area contributed by atoms with Gasteiger partial charge in [0.2, 0.25) is 0 Å². The fraction of sp³-hybridized carbons (Fsp3) is 1.00. The van der Waals surface area contributed by atoms with Crippen LogP contribution in [0, 0.1) is 0 Å². The van der Waals surface area contributed by atoms with Crippen molar-refractivity contribution in [2.45, 2.75) is 5.97 Å². The zero-order valence-corrected chi connectivity index (χ0v) is 2.92. The van der Waals surface area contributed by atoms with Crippen LogP contribution in [-0.4, -0.2) is 22.8 Å². The molecular formula is C2H4O4. The molecule has 0 amide bonds. The van der Waals surface area contributed by atoms with Crippen LogP contribution >= 0.6 is 0 Å². The first-order valence-electron chi connectivity index (χ1n) is 1.47. The van der Waals surface area contributed by atoms with Gasteiger partial charge in [-0.3, -0.25) is 0 Å². The molecule has 0 aromatic carbocycles. The highest BCUT2D eigenvalue weighted by Crippen LogP contribution is 2.23. The van der Waals surface area contributed by atoms with E-state index in [1.54, 1.807) is 0 Å². The second-order valence-corrected chi connectivity index (χ2v) is 1.04. The Morgan fingerprint density at radius 1 is 1.50 bits per heavy atom. The average Bonchev–Trinajstić information content (AvgIpc) is 2.22. The Kier molecular flexibility index (Phi) is 0.611. The second-order valence-electron chi connectivity index (χ2n) is 1.04. The van der Waals surface area contributed by atoms with Gasteiger partial charge in [0.15, 0.2) is 0 Å². The molecule has 0 aromatic heterocycles. The zero-order chi connectivity index (χ0) is 4.62. The monoisotopic (exact) mass is 92.0 g/mol. The van der Waals surface area contributed by atoms with Gasteiger partial charge >= 0.3 is 5.97 Å². The Morgan fingerprint density at radius 3 is 2.00 bits per heavy atom. The largest absolute Gasteiger partial charge is 0.388 e. The third-order valence-electron chi connectivity index (χ3n) is 0.476. The first kappa shape index (κ1) is 4.01. The van der Waals surface area contributed by atoms with E-state index in [0.717, 1.165) is 0 Å². The van der Waals surface area contributed by atoms with E-state index in [2.05, 4.69) is 9.78 Å². The number of rotatable bonds is 1. The molecule has 0 saturated carbocycles. The molecule has 0 bridgehead atoms. The van der Waals surface area contributed by atoms with Gasteiger partial charge in [0, 0.05) is 0 Å². The van der Waals surface area contributed by atoms with Gasteiger partial charge in [0.05, 0.1) is 0 Å². The van der Waals surface area contributed by atoms with Crippen LogP contribution in [0.1, 0.15) is 0 Å². The maximum absolute atomic E-state index is 8.24. The van der Waals surface area contributed by atoms with Crippen molar-refractivity contribution in [2.24, 2.45) is 0 Å². The molecule has 0 radical (unpaired) electrons. The van der Waals surface area contributed by atoms with E-state index in [1.807, 2.05) is 0 Å². The lowest BCUT2D eigenvalue weighted by atomic mass is 10.7. The summed E-state index contributed by atoms with van der Waals surface area (Å²) in [6, 6.07) is 0. The van der Waals surface area contributed by atoms with Crippen LogP contribution in [0.4, 0.5) is 0 Å². The van der Waals surface area contributed by atoms with Crippen LogP contribution in [-0.2, 0) is 9.78 Å². The Labute approximate surface area is 33.8 Å². The summed E-state index contributed by atoms with van der Waals surface area (Å²) in [5.41, 5.74) is 0. The van der Waals surface area contributed by atoms with Crippen molar-refractivity contribution in [3.05, 3.63) is 0 Å².